The average molecular weight is 681 g/mol. The summed E-state index contributed by atoms with van der Waals surface area (Å²) in [5.41, 5.74) is 1.60. The number of carboxylic acid groups (broad SMARTS) is 2. The molecule has 1 amide bonds. The Hall–Kier alpha value is -4.57. The molecule has 0 unspecified atom stereocenters. The molecule has 0 bridgehead atoms. The van der Waals surface area contributed by atoms with Gasteiger partial charge in [0.05, 0.1) is 12.8 Å². The SMILES string of the molecule is COc1cccc(Sc2cnc(Nc3nc(C4CCN(C(=O)O)CC4)cs3)c(Oc3ccc(F)cc3C)c2)c1.O=C(O)C(F)(F)F. The molecule has 1 fully saturated rings. The van der Waals surface area contributed by atoms with Crippen LogP contribution in [-0.4, -0.2) is 63.5 Å². The summed E-state index contributed by atoms with van der Waals surface area (Å²) in [5.74, 6) is -0.637. The first-order valence-corrected chi connectivity index (χ1v) is 15.3. The van der Waals surface area contributed by atoms with Crippen molar-refractivity contribution in [3.05, 3.63) is 77.2 Å². The second-order valence-electron chi connectivity index (χ2n) is 9.86. The standard InChI is InChI=1S/C28H27FN4O4S2.C2HF3O2/c1-17-12-19(29)6-7-24(17)37-25-14-22(39-21-5-3-4-20(13-21)36-2)15-30-26(25)32-27-31-23(16-38-27)18-8-10-33(11-9-18)28(34)35;3-2(4,5)1(6)7/h3-7,12-16,18H,8-11H2,1-2H3,(H,34,35)(H,30,31,32);(H,6,7). The highest BCUT2D eigenvalue weighted by Gasteiger charge is 2.38. The lowest BCUT2D eigenvalue weighted by atomic mass is 9.94. The maximum atomic E-state index is 13.7. The van der Waals surface area contributed by atoms with Gasteiger partial charge in [-0.3, -0.25) is 0 Å². The number of carbonyl (C=O) groups is 2. The predicted octanol–water partition coefficient (Wildman–Crippen LogP) is 8.17. The molecule has 1 aliphatic rings. The zero-order valence-electron chi connectivity index (χ0n) is 24.4. The molecule has 10 nitrogen and oxygen atoms in total. The van der Waals surface area contributed by atoms with Crippen LogP contribution in [0.15, 0.2) is 69.9 Å². The van der Waals surface area contributed by atoms with Gasteiger partial charge in [0.25, 0.3) is 0 Å². The topological polar surface area (TPSA) is 134 Å². The van der Waals surface area contributed by atoms with Crippen LogP contribution in [0.4, 0.5) is 33.3 Å². The number of methoxy groups -OCH3 is 1. The van der Waals surface area contributed by atoms with Crippen LogP contribution >= 0.6 is 23.1 Å². The number of aromatic nitrogens is 2. The number of carboxylic acids is 1. The molecule has 244 valence electrons. The van der Waals surface area contributed by atoms with Gasteiger partial charge in [0.15, 0.2) is 16.7 Å². The number of amides is 1. The van der Waals surface area contributed by atoms with Gasteiger partial charge < -0.3 is 29.9 Å². The molecule has 4 aromatic rings. The van der Waals surface area contributed by atoms with Crippen LogP contribution in [0.25, 0.3) is 0 Å². The molecular formula is C30H28F4N4O6S2. The zero-order valence-corrected chi connectivity index (χ0v) is 26.0. The van der Waals surface area contributed by atoms with E-state index in [1.807, 2.05) is 35.7 Å². The number of aryl methyl sites for hydroxylation is 1. The Morgan fingerprint density at radius 1 is 1.07 bits per heavy atom. The Balaban J connectivity index is 0.000000617. The summed E-state index contributed by atoms with van der Waals surface area (Å²) in [6.07, 6.45) is -2.73. The van der Waals surface area contributed by atoms with Crippen LogP contribution in [0.5, 0.6) is 17.2 Å². The first-order chi connectivity index (χ1) is 21.8. The van der Waals surface area contributed by atoms with Crippen LogP contribution in [0.3, 0.4) is 0 Å². The summed E-state index contributed by atoms with van der Waals surface area (Å²) in [6.45, 7) is 2.79. The molecule has 1 aliphatic heterocycles. The molecule has 2 aromatic carbocycles. The number of alkyl halides is 3. The van der Waals surface area contributed by atoms with Gasteiger partial charge in [0, 0.05) is 46.4 Å². The normalized spacial score (nSPS) is 13.4. The second kappa shape index (κ2) is 15.1. The molecule has 1 saturated heterocycles. The molecule has 3 heterocycles. The summed E-state index contributed by atoms with van der Waals surface area (Å²) in [4.78, 5) is 32.8. The molecule has 46 heavy (non-hydrogen) atoms. The molecule has 0 atom stereocenters. The third-order valence-corrected chi connectivity index (χ3v) is 8.36. The number of anilines is 2. The van der Waals surface area contributed by atoms with Crippen molar-refractivity contribution in [3.63, 3.8) is 0 Å². The Bertz CT molecular complexity index is 1680. The summed E-state index contributed by atoms with van der Waals surface area (Å²) >= 11 is 2.98. The lowest BCUT2D eigenvalue weighted by Crippen LogP contribution is -2.36. The van der Waals surface area contributed by atoms with E-state index in [-0.39, 0.29) is 11.7 Å². The van der Waals surface area contributed by atoms with Gasteiger partial charge in [-0.1, -0.05) is 17.8 Å². The van der Waals surface area contributed by atoms with Crippen LogP contribution in [-0.2, 0) is 4.79 Å². The highest BCUT2D eigenvalue weighted by Crippen LogP contribution is 2.39. The quantitative estimate of drug-likeness (QED) is 0.157. The van der Waals surface area contributed by atoms with E-state index in [0.29, 0.717) is 41.1 Å². The maximum Gasteiger partial charge on any atom is 0.490 e. The third-order valence-electron chi connectivity index (χ3n) is 6.63. The summed E-state index contributed by atoms with van der Waals surface area (Å²) in [5, 5.41) is 22.3. The highest BCUT2D eigenvalue weighted by atomic mass is 32.2. The van der Waals surface area contributed by atoms with Crippen LogP contribution in [0.2, 0.25) is 0 Å². The minimum Gasteiger partial charge on any atom is -0.497 e. The van der Waals surface area contributed by atoms with Crippen molar-refractivity contribution in [2.75, 3.05) is 25.5 Å². The monoisotopic (exact) mass is 680 g/mol. The molecular weight excluding hydrogens is 652 g/mol. The number of rotatable bonds is 8. The number of benzene rings is 2. The zero-order chi connectivity index (χ0) is 33.4. The van der Waals surface area contributed by atoms with E-state index < -0.39 is 18.2 Å². The van der Waals surface area contributed by atoms with Gasteiger partial charge in [-0.2, -0.15) is 13.2 Å². The van der Waals surface area contributed by atoms with E-state index in [9.17, 15) is 27.5 Å². The van der Waals surface area contributed by atoms with Crippen LogP contribution in [0, 0.1) is 12.7 Å². The Morgan fingerprint density at radius 3 is 2.41 bits per heavy atom. The number of thiazole rings is 1. The van der Waals surface area contributed by atoms with Gasteiger partial charge >= 0.3 is 18.2 Å². The molecule has 0 radical (unpaired) electrons. The number of ether oxygens (including phenoxy) is 2. The van der Waals surface area contributed by atoms with Crippen LogP contribution < -0.4 is 14.8 Å². The van der Waals surface area contributed by atoms with Gasteiger partial charge in [0.1, 0.15) is 17.3 Å². The number of pyridine rings is 1. The van der Waals surface area contributed by atoms with E-state index in [2.05, 4.69) is 10.3 Å². The average Bonchev–Trinajstić information content (AvgIpc) is 3.48. The van der Waals surface area contributed by atoms with Crippen molar-refractivity contribution in [2.24, 2.45) is 0 Å². The minimum atomic E-state index is -5.08. The van der Waals surface area contributed by atoms with Crippen molar-refractivity contribution in [2.45, 2.75) is 41.7 Å². The fraction of sp³-hybridized carbons (Fsp3) is 0.267. The Morgan fingerprint density at radius 2 is 1.78 bits per heavy atom. The van der Waals surface area contributed by atoms with Gasteiger partial charge in [-0.05, 0) is 61.7 Å². The Labute approximate surface area is 269 Å². The number of hydrogen-bond donors (Lipinski definition) is 3. The van der Waals surface area contributed by atoms with Gasteiger partial charge in [0.2, 0.25) is 0 Å². The number of aliphatic carboxylic acids is 1. The maximum absolute atomic E-state index is 13.7. The highest BCUT2D eigenvalue weighted by molar-refractivity contribution is 7.99. The van der Waals surface area contributed by atoms with Crippen molar-refractivity contribution >= 4 is 46.1 Å². The van der Waals surface area contributed by atoms with Gasteiger partial charge in [-0.15, -0.1) is 11.3 Å². The van der Waals surface area contributed by atoms with E-state index in [4.69, 9.17) is 24.4 Å². The Kier molecular flexibility index (Phi) is 11.3. The largest absolute Gasteiger partial charge is 0.497 e. The predicted molar refractivity (Wildman–Crippen MR) is 163 cm³/mol. The van der Waals surface area contributed by atoms with Crippen molar-refractivity contribution in [1.29, 1.82) is 0 Å². The molecule has 3 N–H and O–H groups in total. The first kappa shape index (κ1) is 34.3. The third kappa shape index (κ3) is 9.47. The number of nitrogens with zero attached hydrogens (tertiary/aromatic N) is 3. The lowest BCUT2D eigenvalue weighted by Gasteiger charge is -2.28. The molecule has 5 rings (SSSR count). The molecule has 0 spiro atoms. The molecule has 0 saturated carbocycles. The number of piperidine rings is 1. The fourth-order valence-electron chi connectivity index (χ4n) is 4.30. The fourth-order valence-corrected chi connectivity index (χ4v) is 5.96. The van der Waals surface area contributed by atoms with Crippen molar-refractivity contribution in [3.8, 4) is 17.2 Å². The number of likely N-dealkylation sites (tertiary alicyclic amines) is 1. The molecule has 2 aromatic heterocycles. The van der Waals surface area contributed by atoms with Crippen molar-refractivity contribution < 1.29 is 46.8 Å². The van der Waals surface area contributed by atoms with Crippen molar-refractivity contribution in [1.82, 2.24) is 14.9 Å². The smallest absolute Gasteiger partial charge is 0.490 e. The first-order valence-electron chi connectivity index (χ1n) is 13.6. The van der Waals surface area contributed by atoms with Crippen LogP contribution in [0.1, 0.15) is 30.0 Å². The van der Waals surface area contributed by atoms with E-state index in [1.54, 1.807) is 26.3 Å². The number of hydrogen-bond acceptors (Lipinski definition) is 9. The molecule has 0 aliphatic carbocycles. The van der Waals surface area contributed by atoms with E-state index >= 15 is 0 Å². The second-order valence-corrected chi connectivity index (χ2v) is 11.9. The number of nitrogens with one attached hydrogen (secondary N) is 1. The number of halogens is 4. The summed E-state index contributed by atoms with van der Waals surface area (Å²) < 4.78 is 57.0. The molecule has 16 heteroatoms. The van der Waals surface area contributed by atoms with E-state index in [1.165, 1.54) is 40.1 Å². The lowest BCUT2D eigenvalue weighted by molar-refractivity contribution is -0.192. The van der Waals surface area contributed by atoms with Gasteiger partial charge in [-0.25, -0.2) is 23.9 Å². The van der Waals surface area contributed by atoms with E-state index in [0.717, 1.165) is 34.1 Å². The summed E-state index contributed by atoms with van der Waals surface area (Å²) in [6, 6.07) is 14.0. The minimum absolute atomic E-state index is 0.208. The summed E-state index contributed by atoms with van der Waals surface area (Å²) in [7, 11) is 1.63.